The molecule has 0 aliphatic rings. The van der Waals surface area contributed by atoms with Gasteiger partial charge in [0, 0.05) is 11.1 Å². The van der Waals surface area contributed by atoms with Gasteiger partial charge in [-0.15, -0.1) is 0 Å². The largest absolute Gasteiger partial charge is 0.492 e. The van der Waals surface area contributed by atoms with Crippen molar-refractivity contribution in [3.63, 3.8) is 0 Å². The van der Waals surface area contributed by atoms with Gasteiger partial charge in [-0.2, -0.15) is 0 Å². The molecule has 0 amide bonds. The van der Waals surface area contributed by atoms with E-state index in [-0.39, 0.29) is 22.6 Å². The molecule has 0 bridgehead atoms. The molecule has 0 aromatic heterocycles. The number of halogens is 2. The van der Waals surface area contributed by atoms with Gasteiger partial charge in [0.1, 0.15) is 5.75 Å². The molecule has 1 rings (SSSR count). The lowest BCUT2D eigenvalue weighted by Crippen LogP contribution is -2.05. The summed E-state index contributed by atoms with van der Waals surface area (Å²) in [6, 6.07) is 2.36. The lowest BCUT2D eigenvalue weighted by Gasteiger charge is -2.12. The van der Waals surface area contributed by atoms with Gasteiger partial charge in [-0.05, 0) is 26.0 Å². The maximum Gasteiger partial charge on any atom is 0.264 e. The van der Waals surface area contributed by atoms with Crippen LogP contribution in [0.4, 0.5) is 14.5 Å². The highest BCUT2D eigenvalue weighted by atomic mass is 19.3. The van der Waals surface area contributed by atoms with Crippen LogP contribution in [0.15, 0.2) is 12.1 Å². The van der Waals surface area contributed by atoms with E-state index in [0.29, 0.717) is 6.61 Å². The van der Waals surface area contributed by atoms with Crippen LogP contribution in [0.5, 0.6) is 5.75 Å². The summed E-state index contributed by atoms with van der Waals surface area (Å²) in [5, 5.41) is 0. The fourth-order valence-electron chi connectivity index (χ4n) is 1.38. The Morgan fingerprint density at radius 1 is 1.50 bits per heavy atom. The van der Waals surface area contributed by atoms with Crippen molar-refractivity contribution in [1.29, 1.82) is 0 Å². The number of Topliss-reactive ketones (excluding diaryl/α,β-unsaturated/α-hetero) is 1. The zero-order chi connectivity index (χ0) is 12.3. The summed E-state index contributed by atoms with van der Waals surface area (Å²) in [7, 11) is 0. The third-order valence-corrected chi connectivity index (χ3v) is 2.10. The van der Waals surface area contributed by atoms with Crippen LogP contribution < -0.4 is 10.5 Å². The molecule has 88 valence electrons. The first kappa shape index (κ1) is 12.4. The molecule has 0 fully saturated rings. The minimum atomic E-state index is -2.73. The van der Waals surface area contributed by atoms with Gasteiger partial charge < -0.3 is 10.5 Å². The summed E-state index contributed by atoms with van der Waals surface area (Å²) in [4.78, 5) is 11.2. The average Bonchev–Trinajstić information content (AvgIpc) is 2.20. The van der Waals surface area contributed by atoms with Gasteiger partial charge in [0.2, 0.25) is 0 Å². The first-order valence-electron chi connectivity index (χ1n) is 4.82. The third-order valence-electron chi connectivity index (χ3n) is 2.10. The lowest BCUT2D eigenvalue weighted by molar-refractivity contribution is 0.0998. The van der Waals surface area contributed by atoms with E-state index in [0.717, 1.165) is 6.07 Å². The van der Waals surface area contributed by atoms with Crippen LogP contribution in [0.2, 0.25) is 0 Å². The van der Waals surface area contributed by atoms with E-state index >= 15 is 0 Å². The van der Waals surface area contributed by atoms with Crippen LogP contribution in [-0.2, 0) is 0 Å². The summed E-state index contributed by atoms with van der Waals surface area (Å²) in [5.74, 6) is -0.173. The fourth-order valence-corrected chi connectivity index (χ4v) is 1.38. The lowest BCUT2D eigenvalue weighted by atomic mass is 10.0. The topological polar surface area (TPSA) is 52.3 Å². The van der Waals surface area contributed by atoms with E-state index in [2.05, 4.69) is 0 Å². The number of rotatable bonds is 4. The molecular weight excluding hydrogens is 216 g/mol. The van der Waals surface area contributed by atoms with Gasteiger partial charge >= 0.3 is 0 Å². The molecule has 0 aliphatic carbocycles. The van der Waals surface area contributed by atoms with Crippen LogP contribution in [-0.4, -0.2) is 12.4 Å². The Bertz CT molecular complexity index is 405. The third kappa shape index (κ3) is 2.48. The quantitative estimate of drug-likeness (QED) is 0.638. The number of hydrogen-bond donors (Lipinski definition) is 1. The van der Waals surface area contributed by atoms with E-state index in [9.17, 15) is 13.6 Å². The highest BCUT2D eigenvalue weighted by Crippen LogP contribution is 2.32. The SMILES string of the molecule is CCOc1cc(C(C)=O)c(C(F)F)cc1N. The molecule has 0 aliphatic heterocycles. The second-order valence-corrected chi connectivity index (χ2v) is 3.27. The van der Waals surface area contributed by atoms with E-state index in [1.807, 2.05) is 0 Å². The molecule has 1 aromatic carbocycles. The van der Waals surface area contributed by atoms with Crippen LogP contribution in [0.1, 0.15) is 36.2 Å². The molecule has 0 radical (unpaired) electrons. The van der Waals surface area contributed by atoms with E-state index in [4.69, 9.17) is 10.5 Å². The number of nitrogen functional groups attached to an aromatic ring is 1. The second kappa shape index (κ2) is 4.92. The van der Waals surface area contributed by atoms with Crippen molar-refractivity contribution in [2.75, 3.05) is 12.3 Å². The fraction of sp³-hybridized carbons (Fsp3) is 0.364. The Morgan fingerprint density at radius 2 is 2.12 bits per heavy atom. The minimum Gasteiger partial charge on any atom is -0.492 e. The molecule has 0 saturated heterocycles. The molecule has 0 saturated carbocycles. The molecule has 0 atom stereocenters. The highest BCUT2D eigenvalue weighted by Gasteiger charge is 2.18. The first-order valence-corrected chi connectivity index (χ1v) is 4.82. The van der Waals surface area contributed by atoms with Gasteiger partial charge in [0.05, 0.1) is 12.3 Å². The zero-order valence-corrected chi connectivity index (χ0v) is 9.09. The second-order valence-electron chi connectivity index (χ2n) is 3.27. The summed E-state index contributed by atoms with van der Waals surface area (Å²) in [5.41, 5.74) is 5.26. The van der Waals surface area contributed by atoms with Crippen molar-refractivity contribution in [3.8, 4) is 5.75 Å². The molecule has 16 heavy (non-hydrogen) atoms. The average molecular weight is 229 g/mol. The zero-order valence-electron chi connectivity index (χ0n) is 9.09. The maximum atomic E-state index is 12.6. The van der Waals surface area contributed by atoms with E-state index in [1.165, 1.54) is 13.0 Å². The van der Waals surface area contributed by atoms with E-state index in [1.54, 1.807) is 6.92 Å². The number of nitrogens with two attached hydrogens (primary N) is 1. The summed E-state index contributed by atoms with van der Waals surface area (Å²) < 4.78 is 30.4. The van der Waals surface area contributed by atoms with Gasteiger partial charge in [0.15, 0.2) is 5.78 Å². The van der Waals surface area contributed by atoms with Gasteiger partial charge in [-0.25, -0.2) is 8.78 Å². The first-order chi connectivity index (χ1) is 7.47. The van der Waals surface area contributed by atoms with Crippen molar-refractivity contribution in [2.24, 2.45) is 0 Å². The maximum absolute atomic E-state index is 12.6. The van der Waals surface area contributed by atoms with Crippen molar-refractivity contribution < 1.29 is 18.3 Å². The summed E-state index contributed by atoms with van der Waals surface area (Å²) in [6.45, 7) is 3.33. The van der Waals surface area contributed by atoms with Crippen molar-refractivity contribution in [3.05, 3.63) is 23.3 Å². The highest BCUT2D eigenvalue weighted by molar-refractivity contribution is 5.96. The minimum absolute atomic E-state index is 0.0485. The van der Waals surface area contributed by atoms with Crippen LogP contribution in [0.3, 0.4) is 0 Å². The number of carbonyl (C=O) groups excluding carboxylic acids is 1. The van der Waals surface area contributed by atoms with Gasteiger partial charge in [-0.1, -0.05) is 0 Å². The molecule has 0 unspecified atom stereocenters. The smallest absolute Gasteiger partial charge is 0.264 e. The van der Waals surface area contributed by atoms with Crippen LogP contribution in [0.25, 0.3) is 0 Å². The number of benzene rings is 1. The number of alkyl halides is 2. The molecular formula is C11H13F2NO2. The number of carbonyl (C=O) groups is 1. The van der Waals surface area contributed by atoms with Crippen LogP contribution in [0, 0.1) is 0 Å². The Kier molecular flexibility index (Phi) is 3.82. The van der Waals surface area contributed by atoms with E-state index < -0.39 is 12.2 Å². The predicted molar refractivity (Wildman–Crippen MR) is 57.0 cm³/mol. The monoisotopic (exact) mass is 229 g/mol. The molecule has 0 spiro atoms. The molecule has 3 nitrogen and oxygen atoms in total. The van der Waals surface area contributed by atoms with Crippen LogP contribution >= 0.6 is 0 Å². The van der Waals surface area contributed by atoms with Gasteiger partial charge in [-0.3, -0.25) is 4.79 Å². The Labute approximate surface area is 92.2 Å². The normalized spacial score (nSPS) is 10.6. The van der Waals surface area contributed by atoms with Gasteiger partial charge in [0.25, 0.3) is 6.43 Å². The number of anilines is 1. The number of ketones is 1. The van der Waals surface area contributed by atoms with Crippen molar-refractivity contribution >= 4 is 11.5 Å². The Morgan fingerprint density at radius 3 is 2.56 bits per heavy atom. The molecule has 5 heteroatoms. The Hall–Kier alpha value is -1.65. The molecule has 2 N–H and O–H groups in total. The summed E-state index contributed by atoms with van der Waals surface area (Å²) >= 11 is 0. The standard InChI is InChI=1S/C11H13F2NO2/c1-3-16-10-5-7(6(2)15)8(11(12)13)4-9(10)14/h4-5,11H,3,14H2,1-2H3. The van der Waals surface area contributed by atoms with Crippen molar-refractivity contribution in [2.45, 2.75) is 20.3 Å². The van der Waals surface area contributed by atoms with Crippen molar-refractivity contribution in [1.82, 2.24) is 0 Å². The number of hydrogen-bond acceptors (Lipinski definition) is 3. The number of ether oxygens (including phenoxy) is 1. The summed E-state index contributed by atoms with van der Waals surface area (Å²) in [6.07, 6.45) is -2.73. The Balaban J connectivity index is 3.31. The predicted octanol–water partition coefficient (Wildman–Crippen LogP) is 2.81. The molecule has 1 aromatic rings. The molecule has 0 heterocycles.